The Morgan fingerprint density at radius 1 is 1.22 bits per heavy atom. The molecular weight excluding hydrogens is 406 g/mol. The fraction of sp³-hybridized carbons (Fsp3) is 0.160. The Bertz CT molecular complexity index is 1320. The summed E-state index contributed by atoms with van der Waals surface area (Å²) in [6, 6.07) is 19.8. The molecule has 1 heterocycles. The smallest absolute Gasteiger partial charge is 0.262 e. The number of aryl methyl sites for hydroxylation is 1. The number of aliphatic hydroxyl groups excluding tert-OH is 1. The van der Waals surface area contributed by atoms with E-state index < -0.39 is 6.10 Å². The van der Waals surface area contributed by atoms with E-state index in [-0.39, 0.29) is 12.5 Å². The molecule has 1 amide bonds. The standard InChI is InChI=1S/C25H21N3O4/c1-15-5-3-4-6-22(15)31-14-23(30)27-19-9-7-18(8-10-19)25-28-21-12-17(13-26)11-20(16(2)29)24(21)32-25/h3-12,16,29H,14H2,1-2H3,(H,27,30). The molecule has 1 unspecified atom stereocenters. The number of oxazole rings is 1. The fourth-order valence-corrected chi connectivity index (χ4v) is 3.31. The topological polar surface area (TPSA) is 108 Å². The van der Waals surface area contributed by atoms with Crippen LogP contribution in [-0.4, -0.2) is 22.6 Å². The van der Waals surface area contributed by atoms with Gasteiger partial charge in [0.05, 0.1) is 17.7 Å². The molecule has 160 valence electrons. The first kappa shape index (κ1) is 21.1. The molecule has 1 aromatic heterocycles. The summed E-state index contributed by atoms with van der Waals surface area (Å²) in [6.07, 6.45) is -0.800. The van der Waals surface area contributed by atoms with Gasteiger partial charge in [0.2, 0.25) is 5.89 Å². The van der Waals surface area contributed by atoms with Crippen LogP contribution in [0.4, 0.5) is 5.69 Å². The van der Waals surface area contributed by atoms with Crippen molar-refractivity contribution in [1.82, 2.24) is 4.98 Å². The number of nitrogens with one attached hydrogen (secondary N) is 1. The van der Waals surface area contributed by atoms with Crippen molar-refractivity contribution in [2.45, 2.75) is 20.0 Å². The number of nitriles is 1. The lowest BCUT2D eigenvalue weighted by molar-refractivity contribution is -0.118. The number of hydrogen-bond donors (Lipinski definition) is 2. The molecule has 0 radical (unpaired) electrons. The third-order valence-electron chi connectivity index (χ3n) is 4.97. The molecule has 1 atom stereocenters. The molecule has 0 saturated heterocycles. The number of aliphatic hydroxyl groups is 1. The molecule has 0 bridgehead atoms. The largest absolute Gasteiger partial charge is 0.483 e. The number of ether oxygens (including phenoxy) is 1. The van der Waals surface area contributed by atoms with Gasteiger partial charge in [0.1, 0.15) is 11.3 Å². The highest BCUT2D eigenvalue weighted by Gasteiger charge is 2.16. The molecule has 4 aromatic rings. The van der Waals surface area contributed by atoms with Gasteiger partial charge in [-0.3, -0.25) is 4.79 Å². The quantitative estimate of drug-likeness (QED) is 0.460. The monoisotopic (exact) mass is 427 g/mol. The van der Waals surface area contributed by atoms with Crippen molar-refractivity contribution >= 4 is 22.7 Å². The van der Waals surface area contributed by atoms with Gasteiger partial charge in [-0.2, -0.15) is 5.26 Å². The second-order valence-corrected chi connectivity index (χ2v) is 7.40. The van der Waals surface area contributed by atoms with E-state index in [1.165, 1.54) is 0 Å². The summed E-state index contributed by atoms with van der Waals surface area (Å²) in [4.78, 5) is 16.7. The van der Waals surface area contributed by atoms with E-state index in [1.54, 1.807) is 43.3 Å². The summed E-state index contributed by atoms with van der Waals surface area (Å²) in [6.45, 7) is 3.43. The van der Waals surface area contributed by atoms with Crippen molar-refractivity contribution < 1.29 is 19.1 Å². The second-order valence-electron chi connectivity index (χ2n) is 7.40. The van der Waals surface area contributed by atoms with Crippen LogP contribution in [0.15, 0.2) is 65.1 Å². The molecular formula is C25H21N3O4. The Labute approximate surface area is 184 Å². The van der Waals surface area contributed by atoms with Crippen LogP contribution in [0.5, 0.6) is 5.75 Å². The van der Waals surface area contributed by atoms with Crippen LogP contribution in [0.25, 0.3) is 22.6 Å². The summed E-state index contributed by atoms with van der Waals surface area (Å²) in [7, 11) is 0. The third-order valence-corrected chi connectivity index (χ3v) is 4.97. The van der Waals surface area contributed by atoms with Crippen LogP contribution < -0.4 is 10.1 Å². The number of aromatic nitrogens is 1. The Morgan fingerprint density at radius 3 is 2.66 bits per heavy atom. The van der Waals surface area contributed by atoms with Crippen molar-refractivity contribution in [2.24, 2.45) is 0 Å². The Balaban J connectivity index is 1.48. The average molecular weight is 427 g/mol. The normalized spacial score (nSPS) is 11.7. The molecule has 3 aromatic carbocycles. The molecule has 7 nitrogen and oxygen atoms in total. The molecule has 0 spiro atoms. The lowest BCUT2D eigenvalue weighted by Crippen LogP contribution is -2.20. The van der Waals surface area contributed by atoms with Crippen LogP contribution in [0.3, 0.4) is 0 Å². The SMILES string of the molecule is Cc1ccccc1OCC(=O)Nc1ccc(-c2nc3cc(C#N)cc(C(C)O)c3o2)cc1. The zero-order chi connectivity index (χ0) is 22.7. The first-order chi connectivity index (χ1) is 15.4. The van der Waals surface area contributed by atoms with Crippen LogP contribution in [0.1, 0.15) is 29.7 Å². The van der Waals surface area contributed by atoms with E-state index >= 15 is 0 Å². The summed E-state index contributed by atoms with van der Waals surface area (Å²) in [5, 5.41) is 22.0. The van der Waals surface area contributed by atoms with E-state index in [4.69, 9.17) is 9.15 Å². The van der Waals surface area contributed by atoms with Gasteiger partial charge in [-0.15, -0.1) is 0 Å². The van der Waals surface area contributed by atoms with Gasteiger partial charge in [0.15, 0.2) is 12.2 Å². The summed E-state index contributed by atoms with van der Waals surface area (Å²) in [5.41, 5.74) is 4.13. The van der Waals surface area contributed by atoms with Gasteiger partial charge < -0.3 is 19.6 Å². The Kier molecular flexibility index (Phi) is 5.88. The van der Waals surface area contributed by atoms with E-state index in [0.29, 0.717) is 45.1 Å². The maximum absolute atomic E-state index is 12.2. The van der Waals surface area contributed by atoms with Gasteiger partial charge in [-0.1, -0.05) is 18.2 Å². The van der Waals surface area contributed by atoms with Gasteiger partial charge in [-0.25, -0.2) is 4.98 Å². The first-order valence-corrected chi connectivity index (χ1v) is 10.1. The van der Waals surface area contributed by atoms with Gasteiger partial charge in [0.25, 0.3) is 5.91 Å². The lowest BCUT2D eigenvalue weighted by atomic mass is 10.1. The number of para-hydroxylation sites is 1. The number of anilines is 1. The average Bonchev–Trinajstić information content (AvgIpc) is 3.22. The zero-order valence-electron chi connectivity index (χ0n) is 17.6. The van der Waals surface area contributed by atoms with Crippen molar-refractivity contribution in [3.63, 3.8) is 0 Å². The molecule has 0 fully saturated rings. The highest BCUT2D eigenvalue weighted by atomic mass is 16.5. The number of nitrogens with zero attached hydrogens (tertiary/aromatic N) is 2. The molecule has 0 aliphatic rings. The van der Waals surface area contributed by atoms with Crippen LogP contribution in [-0.2, 0) is 4.79 Å². The highest BCUT2D eigenvalue weighted by molar-refractivity contribution is 5.92. The number of rotatable bonds is 6. The maximum atomic E-state index is 12.2. The van der Waals surface area contributed by atoms with Gasteiger partial charge in [0, 0.05) is 16.8 Å². The lowest BCUT2D eigenvalue weighted by Gasteiger charge is -2.09. The molecule has 32 heavy (non-hydrogen) atoms. The van der Waals surface area contributed by atoms with E-state index in [1.807, 2.05) is 31.2 Å². The molecule has 0 aliphatic carbocycles. The minimum absolute atomic E-state index is 0.0962. The minimum Gasteiger partial charge on any atom is -0.483 e. The minimum atomic E-state index is -0.800. The number of hydrogen-bond acceptors (Lipinski definition) is 6. The zero-order valence-corrected chi connectivity index (χ0v) is 17.6. The summed E-state index contributed by atoms with van der Waals surface area (Å²) < 4.78 is 11.4. The second kappa shape index (κ2) is 8.92. The molecule has 0 saturated carbocycles. The number of fused-ring (bicyclic) bond motifs is 1. The van der Waals surface area contributed by atoms with Crippen molar-refractivity contribution in [3.05, 3.63) is 77.4 Å². The molecule has 2 N–H and O–H groups in total. The maximum Gasteiger partial charge on any atom is 0.262 e. The van der Waals surface area contributed by atoms with E-state index in [9.17, 15) is 15.2 Å². The van der Waals surface area contributed by atoms with Crippen molar-refractivity contribution in [3.8, 4) is 23.3 Å². The van der Waals surface area contributed by atoms with E-state index in [2.05, 4.69) is 16.4 Å². The fourth-order valence-electron chi connectivity index (χ4n) is 3.31. The van der Waals surface area contributed by atoms with Crippen molar-refractivity contribution in [2.75, 3.05) is 11.9 Å². The van der Waals surface area contributed by atoms with Crippen LogP contribution >= 0.6 is 0 Å². The Morgan fingerprint density at radius 2 is 1.97 bits per heavy atom. The molecule has 7 heteroatoms. The predicted octanol–water partition coefficient (Wildman–Crippen LogP) is 4.75. The summed E-state index contributed by atoms with van der Waals surface area (Å²) in [5.74, 6) is 0.760. The molecule has 0 aliphatic heterocycles. The summed E-state index contributed by atoms with van der Waals surface area (Å²) >= 11 is 0. The van der Waals surface area contributed by atoms with Crippen LogP contribution in [0, 0.1) is 18.3 Å². The van der Waals surface area contributed by atoms with Crippen LogP contribution in [0.2, 0.25) is 0 Å². The first-order valence-electron chi connectivity index (χ1n) is 10.1. The Hall–Kier alpha value is -4.15. The number of carbonyl (C=O) groups excluding carboxylic acids is 1. The number of benzene rings is 3. The third kappa shape index (κ3) is 4.46. The van der Waals surface area contributed by atoms with Crippen molar-refractivity contribution in [1.29, 1.82) is 5.26 Å². The molecule has 4 rings (SSSR count). The van der Waals surface area contributed by atoms with E-state index in [0.717, 1.165) is 5.56 Å². The number of carbonyl (C=O) groups is 1. The number of amides is 1. The van der Waals surface area contributed by atoms with Gasteiger partial charge >= 0.3 is 0 Å². The highest BCUT2D eigenvalue weighted by Crippen LogP contribution is 2.31. The predicted molar refractivity (Wildman–Crippen MR) is 120 cm³/mol. The van der Waals surface area contributed by atoms with Gasteiger partial charge in [-0.05, 0) is 61.9 Å².